The van der Waals surface area contributed by atoms with Crippen LogP contribution in [-0.4, -0.2) is 52.0 Å². The summed E-state index contributed by atoms with van der Waals surface area (Å²) in [7, 11) is 0. The van der Waals surface area contributed by atoms with Gasteiger partial charge in [-0.25, -0.2) is 14.2 Å². The van der Waals surface area contributed by atoms with E-state index in [0.717, 1.165) is 0 Å². The lowest BCUT2D eigenvalue weighted by molar-refractivity contribution is -0.119. The quantitative estimate of drug-likeness (QED) is 0.584. The average Bonchev–Trinajstić information content (AvgIpc) is 3.72. The van der Waals surface area contributed by atoms with Crippen molar-refractivity contribution in [2.75, 3.05) is 18.0 Å². The van der Waals surface area contributed by atoms with E-state index >= 15 is 0 Å². The van der Waals surface area contributed by atoms with Crippen LogP contribution < -0.4 is 4.90 Å². The van der Waals surface area contributed by atoms with Crippen LogP contribution in [0.15, 0.2) is 36.7 Å². The first-order valence-corrected chi connectivity index (χ1v) is 11.7. The van der Waals surface area contributed by atoms with Crippen molar-refractivity contribution in [1.29, 1.82) is 0 Å². The Hall–Kier alpha value is -2.83. The SMILES string of the molecule is CC[C@H](F)[C@H]1CN(c2ccc(C3CC3)cn2)C(=O)N1CC(=O)Cc1cc(C2CC2)ccn1. The third-order valence-electron chi connectivity index (χ3n) is 6.76. The van der Waals surface area contributed by atoms with Crippen LogP contribution in [0, 0.1) is 0 Å². The van der Waals surface area contributed by atoms with Gasteiger partial charge in [0.15, 0.2) is 5.78 Å². The Bertz CT molecular complexity index is 1000. The van der Waals surface area contributed by atoms with Crippen LogP contribution in [0.25, 0.3) is 0 Å². The lowest BCUT2D eigenvalue weighted by atomic mass is 10.1. The highest BCUT2D eigenvalue weighted by Gasteiger charge is 2.43. The van der Waals surface area contributed by atoms with E-state index in [4.69, 9.17) is 0 Å². The molecule has 2 atom stereocenters. The van der Waals surface area contributed by atoms with Crippen LogP contribution in [0.2, 0.25) is 0 Å². The Morgan fingerprint density at radius 1 is 1.12 bits per heavy atom. The molecule has 2 aromatic heterocycles. The summed E-state index contributed by atoms with van der Waals surface area (Å²) in [4.78, 5) is 37.7. The second-order valence-corrected chi connectivity index (χ2v) is 9.31. The fraction of sp³-hybridized carbons (Fsp3) is 0.520. The third kappa shape index (κ3) is 4.38. The Balaban J connectivity index is 1.29. The van der Waals surface area contributed by atoms with Gasteiger partial charge in [-0.1, -0.05) is 13.0 Å². The van der Waals surface area contributed by atoms with Crippen LogP contribution in [0.3, 0.4) is 0 Å². The van der Waals surface area contributed by atoms with Gasteiger partial charge < -0.3 is 4.90 Å². The first-order valence-electron chi connectivity index (χ1n) is 11.7. The number of hydrogen-bond donors (Lipinski definition) is 0. The molecule has 0 spiro atoms. The van der Waals surface area contributed by atoms with Crippen LogP contribution >= 0.6 is 0 Å². The zero-order valence-electron chi connectivity index (χ0n) is 18.4. The zero-order chi connectivity index (χ0) is 22.2. The second kappa shape index (κ2) is 8.60. The van der Waals surface area contributed by atoms with Crippen LogP contribution in [-0.2, 0) is 11.2 Å². The number of anilines is 1. The maximum Gasteiger partial charge on any atom is 0.326 e. The van der Waals surface area contributed by atoms with Crippen molar-refractivity contribution in [3.05, 3.63) is 53.5 Å². The summed E-state index contributed by atoms with van der Waals surface area (Å²) in [6, 6.07) is 6.81. The smallest absolute Gasteiger partial charge is 0.309 e. The van der Waals surface area contributed by atoms with Crippen LogP contribution in [0.4, 0.5) is 15.0 Å². The highest BCUT2D eigenvalue weighted by Crippen LogP contribution is 2.40. The number of aromatic nitrogens is 2. The third-order valence-corrected chi connectivity index (χ3v) is 6.76. The molecule has 6 nitrogen and oxygen atoms in total. The number of hydrogen-bond acceptors (Lipinski definition) is 4. The highest BCUT2D eigenvalue weighted by molar-refractivity contribution is 5.97. The molecule has 0 bridgehead atoms. The number of carbonyl (C=O) groups is 2. The lowest BCUT2D eigenvalue weighted by Gasteiger charge is -2.24. The van der Waals surface area contributed by atoms with Crippen molar-refractivity contribution in [3.8, 4) is 0 Å². The summed E-state index contributed by atoms with van der Waals surface area (Å²) in [6.45, 7) is 1.84. The number of amides is 2. The summed E-state index contributed by atoms with van der Waals surface area (Å²) >= 11 is 0. The zero-order valence-corrected chi connectivity index (χ0v) is 18.4. The first-order chi connectivity index (χ1) is 15.5. The number of alkyl halides is 1. The minimum Gasteiger partial charge on any atom is -0.309 e. The molecular formula is C25H29FN4O2. The number of urea groups is 1. The monoisotopic (exact) mass is 436 g/mol. The maximum absolute atomic E-state index is 14.8. The Morgan fingerprint density at radius 2 is 1.88 bits per heavy atom. The predicted octanol–water partition coefficient (Wildman–Crippen LogP) is 4.40. The number of pyridine rings is 2. The molecule has 0 aromatic carbocycles. The normalized spacial score (nSPS) is 21.8. The molecule has 1 aliphatic heterocycles. The molecule has 5 rings (SSSR count). The van der Waals surface area contributed by atoms with Gasteiger partial charge in [-0.15, -0.1) is 0 Å². The van der Waals surface area contributed by atoms with Gasteiger partial charge in [-0.05, 0) is 73.3 Å². The molecule has 7 heteroatoms. The Morgan fingerprint density at radius 3 is 2.53 bits per heavy atom. The molecule has 3 aliphatic rings. The van der Waals surface area contributed by atoms with Crippen molar-refractivity contribution in [3.63, 3.8) is 0 Å². The van der Waals surface area contributed by atoms with Crippen molar-refractivity contribution in [2.24, 2.45) is 0 Å². The minimum absolute atomic E-state index is 0.115. The number of nitrogens with zero attached hydrogens (tertiary/aromatic N) is 4. The number of rotatable bonds is 9. The van der Waals surface area contributed by atoms with Gasteiger partial charge in [-0.3, -0.25) is 14.7 Å². The van der Waals surface area contributed by atoms with Gasteiger partial charge in [-0.2, -0.15) is 0 Å². The number of carbonyl (C=O) groups excluding carboxylic acids is 2. The summed E-state index contributed by atoms with van der Waals surface area (Å²) in [5.41, 5.74) is 3.12. The molecule has 2 aliphatic carbocycles. The molecule has 2 aromatic rings. The summed E-state index contributed by atoms with van der Waals surface area (Å²) < 4.78 is 14.8. The van der Waals surface area contributed by atoms with Gasteiger partial charge in [0.25, 0.3) is 0 Å². The summed E-state index contributed by atoms with van der Waals surface area (Å²) in [5, 5.41) is 0. The van der Waals surface area contributed by atoms with Crippen LogP contribution in [0.5, 0.6) is 0 Å². The van der Waals surface area contributed by atoms with Gasteiger partial charge >= 0.3 is 6.03 Å². The molecule has 168 valence electrons. The molecule has 2 saturated carbocycles. The number of halogens is 1. The summed E-state index contributed by atoms with van der Waals surface area (Å²) in [6.07, 6.45) is 7.52. The maximum atomic E-state index is 14.8. The van der Waals surface area contributed by atoms with E-state index < -0.39 is 12.2 Å². The molecule has 32 heavy (non-hydrogen) atoms. The highest BCUT2D eigenvalue weighted by atomic mass is 19.1. The van der Waals surface area contributed by atoms with E-state index in [2.05, 4.69) is 9.97 Å². The second-order valence-electron chi connectivity index (χ2n) is 9.31. The summed E-state index contributed by atoms with van der Waals surface area (Å²) in [5.74, 6) is 1.54. The van der Waals surface area contributed by atoms with E-state index in [0.29, 0.717) is 23.3 Å². The predicted molar refractivity (Wildman–Crippen MR) is 120 cm³/mol. The van der Waals surface area contributed by atoms with Crippen molar-refractivity contribution >= 4 is 17.6 Å². The topological polar surface area (TPSA) is 66.4 Å². The van der Waals surface area contributed by atoms with E-state index in [1.54, 1.807) is 13.1 Å². The Labute approximate surface area is 187 Å². The van der Waals surface area contributed by atoms with Gasteiger partial charge in [0.1, 0.15) is 12.0 Å². The van der Waals surface area contributed by atoms with Crippen molar-refractivity contribution in [1.82, 2.24) is 14.9 Å². The van der Waals surface area contributed by atoms with E-state index in [9.17, 15) is 14.0 Å². The molecule has 2 amide bonds. The van der Waals surface area contributed by atoms with Gasteiger partial charge in [0.2, 0.25) is 0 Å². The first kappa shape index (κ1) is 21.0. The van der Waals surface area contributed by atoms with Crippen LogP contribution in [0.1, 0.15) is 67.7 Å². The fourth-order valence-corrected chi connectivity index (χ4v) is 4.55. The van der Waals surface area contributed by atoms with E-state index in [1.807, 2.05) is 30.5 Å². The van der Waals surface area contributed by atoms with Crippen molar-refractivity contribution in [2.45, 2.75) is 69.5 Å². The average molecular weight is 437 g/mol. The fourth-order valence-electron chi connectivity index (χ4n) is 4.55. The molecule has 0 unspecified atom stereocenters. The minimum atomic E-state index is -1.20. The van der Waals surface area contributed by atoms with Gasteiger partial charge in [0.05, 0.1) is 25.6 Å². The number of ketones is 1. The standard InChI is InChI=1S/C25H29FN4O2/c1-2-22(26)23-15-30(24-8-7-19(13-28-24)17-5-6-17)25(32)29(23)14-21(31)12-20-11-18(9-10-27-20)16-3-4-16/h7-11,13,16-17,22-23H,2-6,12,14-15H2,1H3/t22-,23+/m0/s1. The van der Waals surface area contributed by atoms with E-state index in [-0.39, 0.29) is 37.7 Å². The molecule has 3 fully saturated rings. The number of Topliss-reactive ketones (excluding diaryl/α,β-unsaturated/α-hetero) is 1. The molecule has 1 saturated heterocycles. The Kier molecular flexibility index (Phi) is 5.66. The van der Waals surface area contributed by atoms with E-state index in [1.165, 1.54) is 46.6 Å². The molecule has 0 N–H and O–H groups in total. The largest absolute Gasteiger partial charge is 0.326 e. The molecule has 3 heterocycles. The lowest BCUT2D eigenvalue weighted by Crippen LogP contribution is -2.43. The van der Waals surface area contributed by atoms with Crippen molar-refractivity contribution < 1.29 is 14.0 Å². The molecular weight excluding hydrogens is 407 g/mol. The van der Waals surface area contributed by atoms with Gasteiger partial charge in [0, 0.05) is 18.1 Å². The molecule has 0 radical (unpaired) electrons.